The van der Waals surface area contributed by atoms with Crippen LogP contribution in [0.1, 0.15) is 32.4 Å². The number of hydrogen-bond donors (Lipinski definition) is 2. The predicted molar refractivity (Wildman–Crippen MR) is 87.7 cm³/mol. The van der Waals surface area contributed by atoms with Crippen molar-refractivity contribution in [3.8, 4) is 0 Å². The van der Waals surface area contributed by atoms with E-state index in [1.165, 1.54) is 0 Å². The molecule has 2 N–H and O–H groups in total. The molecular weight excluding hydrogens is 292 g/mol. The smallest absolute Gasteiger partial charge is 0.249 e. The molecule has 1 aromatic heterocycles. The number of nitrogens with one attached hydrogen (secondary N) is 2. The lowest BCUT2D eigenvalue weighted by atomic mass is 10.1. The van der Waals surface area contributed by atoms with Gasteiger partial charge in [-0.1, -0.05) is 30.3 Å². The van der Waals surface area contributed by atoms with Crippen molar-refractivity contribution in [2.75, 3.05) is 6.54 Å². The van der Waals surface area contributed by atoms with Crippen LogP contribution in [0.2, 0.25) is 0 Å². The molecule has 0 spiro atoms. The number of benzene rings is 1. The minimum Gasteiger partial charge on any atom is -0.350 e. The lowest BCUT2D eigenvalue weighted by molar-refractivity contribution is -0.128. The molecule has 1 aromatic carbocycles. The van der Waals surface area contributed by atoms with E-state index >= 15 is 0 Å². The summed E-state index contributed by atoms with van der Waals surface area (Å²) >= 11 is 0. The largest absolute Gasteiger partial charge is 0.350 e. The second-order valence-electron chi connectivity index (χ2n) is 6.32. The number of amides is 2. The van der Waals surface area contributed by atoms with E-state index in [4.69, 9.17) is 0 Å². The fourth-order valence-electron chi connectivity index (χ4n) is 2.22. The van der Waals surface area contributed by atoms with Crippen molar-refractivity contribution >= 4 is 11.8 Å². The zero-order chi connectivity index (χ0) is 16.9. The molecule has 0 aliphatic rings. The highest BCUT2D eigenvalue weighted by Crippen LogP contribution is 2.17. The summed E-state index contributed by atoms with van der Waals surface area (Å²) in [4.78, 5) is 24.4. The topological polar surface area (TPSA) is 76.0 Å². The van der Waals surface area contributed by atoms with Gasteiger partial charge in [0, 0.05) is 17.9 Å². The molecule has 6 heteroatoms. The minimum atomic E-state index is -0.603. The van der Waals surface area contributed by atoms with Gasteiger partial charge in [0.2, 0.25) is 11.8 Å². The summed E-state index contributed by atoms with van der Waals surface area (Å²) in [7, 11) is 0. The Morgan fingerprint density at radius 2 is 1.87 bits per heavy atom. The molecular formula is C17H22N4O2. The van der Waals surface area contributed by atoms with Gasteiger partial charge >= 0.3 is 0 Å². The van der Waals surface area contributed by atoms with E-state index in [9.17, 15) is 9.59 Å². The van der Waals surface area contributed by atoms with Crippen LogP contribution < -0.4 is 10.6 Å². The minimum absolute atomic E-state index is 0.0687. The van der Waals surface area contributed by atoms with Crippen molar-refractivity contribution in [2.45, 2.75) is 32.4 Å². The Bertz CT molecular complexity index is 645. The summed E-state index contributed by atoms with van der Waals surface area (Å²) in [5.41, 5.74) is 0.479. The molecule has 0 saturated carbocycles. The molecule has 2 aromatic rings. The Morgan fingerprint density at radius 1 is 1.17 bits per heavy atom. The van der Waals surface area contributed by atoms with Gasteiger partial charge in [-0.3, -0.25) is 14.3 Å². The van der Waals surface area contributed by atoms with Crippen LogP contribution in [0.15, 0.2) is 48.8 Å². The molecule has 2 rings (SSSR count). The third-order valence-electron chi connectivity index (χ3n) is 3.09. The monoisotopic (exact) mass is 314 g/mol. The van der Waals surface area contributed by atoms with Gasteiger partial charge in [0.15, 0.2) is 6.04 Å². The van der Waals surface area contributed by atoms with Crippen LogP contribution in [0.25, 0.3) is 0 Å². The van der Waals surface area contributed by atoms with Crippen LogP contribution in [0.3, 0.4) is 0 Å². The fourth-order valence-corrected chi connectivity index (χ4v) is 2.22. The van der Waals surface area contributed by atoms with Gasteiger partial charge in [0.05, 0.1) is 6.54 Å². The zero-order valence-electron chi connectivity index (χ0n) is 13.6. The van der Waals surface area contributed by atoms with E-state index in [1.807, 2.05) is 51.1 Å². The average Bonchev–Trinajstić information content (AvgIpc) is 2.99. The number of hydrogen-bond acceptors (Lipinski definition) is 3. The van der Waals surface area contributed by atoms with E-state index in [-0.39, 0.29) is 23.9 Å². The average molecular weight is 314 g/mol. The predicted octanol–water partition coefficient (Wildman–Crippen LogP) is 1.50. The van der Waals surface area contributed by atoms with Crippen LogP contribution in [-0.4, -0.2) is 33.7 Å². The molecule has 1 atom stereocenters. The van der Waals surface area contributed by atoms with E-state index in [1.54, 1.807) is 23.1 Å². The van der Waals surface area contributed by atoms with Crippen molar-refractivity contribution in [1.82, 2.24) is 20.4 Å². The summed E-state index contributed by atoms with van der Waals surface area (Å²) < 4.78 is 1.58. The molecule has 0 radical (unpaired) electrons. The fraction of sp³-hybridized carbons (Fsp3) is 0.353. The van der Waals surface area contributed by atoms with Crippen molar-refractivity contribution in [3.05, 3.63) is 54.4 Å². The second-order valence-corrected chi connectivity index (χ2v) is 6.32. The van der Waals surface area contributed by atoms with Crippen LogP contribution >= 0.6 is 0 Å². The molecule has 0 unspecified atom stereocenters. The van der Waals surface area contributed by atoms with Crippen molar-refractivity contribution in [3.63, 3.8) is 0 Å². The summed E-state index contributed by atoms with van der Waals surface area (Å²) in [6, 6.07) is 10.5. The van der Waals surface area contributed by atoms with Gasteiger partial charge in [-0.15, -0.1) is 0 Å². The third-order valence-corrected chi connectivity index (χ3v) is 3.09. The number of aromatic nitrogens is 2. The van der Waals surface area contributed by atoms with Crippen LogP contribution in [-0.2, 0) is 9.59 Å². The maximum Gasteiger partial charge on any atom is 0.249 e. The molecule has 0 bridgehead atoms. The second kappa shape index (κ2) is 7.09. The first-order valence-electron chi connectivity index (χ1n) is 7.49. The summed E-state index contributed by atoms with van der Waals surface area (Å²) in [6.45, 7) is 5.61. The van der Waals surface area contributed by atoms with E-state index in [0.29, 0.717) is 0 Å². The highest BCUT2D eigenvalue weighted by molar-refractivity contribution is 5.88. The molecule has 1 heterocycles. The first-order chi connectivity index (χ1) is 10.9. The van der Waals surface area contributed by atoms with Gasteiger partial charge in [-0.25, -0.2) is 0 Å². The molecule has 2 amide bonds. The normalized spacial score (nSPS) is 12.5. The van der Waals surface area contributed by atoms with Crippen molar-refractivity contribution < 1.29 is 9.59 Å². The van der Waals surface area contributed by atoms with Gasteiger partial charge in [-0.2, -0.15) is 5.10 Å². The van der Waals surface area contributed by atoms with Gasteiger partial charge in [-0.05, 0) is 32.4 Å². The molecule has 6 nitrogen and oxygen atoms in total. The lowest BCUT2D eigenvalue weighted by Crippen LogP contribution is -2.47. The number of rotatable bonds is 5. The Morgan fingerprint density at radius 3 is 2.43 bits per heavy atom. The van der Waals surface area contributed by atoms with Gasteiger partial charge in [0.25, 0.3) is 0 Å². The number of carbonyl (C=O) groups is 2. The Labute approximate surface area is 135 Å². The summed E-state index contributed by atoms with van der Waals surface area (Å²) in [5, 5.41) is 9.65. The first-order valence-corrected chi connectivity index (χ1v) is 7.49. The molecule has 0 aliphatic heterocycles. The Balaban J connectivity index is 2.08. The SMILES string of the molecule is CC(C)(C)NC(=O)CNC(=O)[C@@H](c1ccccc1)n1cccn1. The number of carbonyl (C=O) groups excluding carboxylic acids is 2. The highest BCUT2D eigenvalue weighted by Gasteiger charge is 2.23. The maximum atomic E-state index is 12.6. The molecule has 0 fully saturated rings. The molecule has 0 aliphatic carbocycles. The van der Waals surface area contributed by atoms with E-state index < -0.39 is 6.04 Å². The van der Waals surface area contributed by atoms with Gasteiger partial charge in [0.1, 0.15) is 0 Å². The van der Waals surface area contributed by atoms with E-state index in [2.05, 4.69) is 15.7 Å². The molecule has 0 saturated heterocycles. The standard InChI is InChI=1S/C17H22N4O2/c1-17(2,3)20-14(22)12-18-16(23)15(21-11-7-10-19-21)13-8-5-4-6-9-13/h4-11,15H,12H2,1-3H3,(H,18,23)(H,20,22)/t15-/m1/s1. The molecule has 122 valence electrons. The lowest BCUT2D eigenvalue weighted by Gasteiger charge is -2.22. The molecule has 23 heavy (non-hydrogen) atoms. The van der Waals surface area contributed by atoms with Crippen LogP contribution in [0.5, 0.6) is 0 Å². The van der Waals surface area contributed by atoms with Crippen LogP contribution in [0.4, 0.5) is 0 Å². The van der Waals surface area contributed by atoms with E-state index in [0.717, 1.165) is 5.56 Å². The highest BCUT2D eigenvalue weighted by atomic mass is 16.2. The maximum absolute atomic E-state index is 12.6. The Hall–Kier alpha value is -2.63. The number of nitrogens with zero attached hydrogens (tertiary/aromatic N) is 2. The van der Waals surface area contributed by atoms with Crippen molar-refractivity contribution in [1.29, 1.82) is 0 Å². The third kappa shape index (κ3) is 4.95. The zero-order valence-corrected chi connectivity index (χ0v) is 13.6. The van der Waals surface area contributed by atoms with Crippen molar-refractivity contribution in [2.24, 2.45) is 0 Å². The first kappa shape index (κ1) is 16.7. The quantitative estimate of drug-likeness (QED) is 0.878. The Kier molecular flexibility index (Phi) is 5.16. The summed E-state index contributed by atoms with van der Waals surface area (Å²) in [6.07, 6.45) is 3.35. The van der Waals surface area contributed by atoms with Gasteiger partial charge < -0.3 is 10.6 Å². The summed E-state index contributed by atoms with van der Waals surface area (Å²) in [5.74, 6) is -0.498. The van der Waals surface area contributed by atoms with Crippen LogP contribution in [0, 0.1) is 0 Å².